The molecular weight excluding hydrogens is 596 g/mol. The van der Waals surface area contributed by atoms with Crippen LogP contribution >= 0.6 is 0 Å². The van der Waals surface area contributed by atoms with E-state index in [2.05, 4.69) is 21.0 Å². The Bertz CT molecular complexity index is 1500. The predicted molar refractivity (Wildman–Crippen MR) is 178 cm³/mol. The van der Waals surface area contributed by atoms with Crippen molar-refractivity contribution in [3.8, 4) is 0 Å². The van der Waals surface area contributed by atoms with Crippen molar-refractivity contribution >= 4 is 29.5 Å². The second kappa shape index (κ2) is 13.0. The summed E-state index contributed by atoms with van der Waals surface area (Å²) in [5.41, 5.74) is 2.62. The van der Waals surface area contributed by atoms with E-state index in [0.29, 0.717) is 23.2 Å². The summed E-state index contributed by atoms with van der Waals surface area (Å²) in [5, 5.41) is 13.4. The molecule has 0 radical (unpaired) electrons. The molecule has 254 valence electrons. The molecule has 1 aromatic heterocycles. The lowest BCUT2D eigenvalue weighted by atomic mass is 9.88. The van der Waals surface area contributed by atoms with Crippen molar-refractivity contribution in [1.82, 2.24) is 25.3 Å². The minimum absolute atomic E-state index is 0.0195. The van der Waals surface area contributed by atoms with Crippen LogP contribution in [-0.2, 0) is 20.7 Å². The lowest BCUT2D eigenvalue weighted by molar-refractivity contribution is -0.135. The van der Waals surface area contributed by atoms with E-state index in [1.165, 1.54) is 0 Å². The van der Waals surface area contributed by atoms with E-state index in [1.807, 2.05) is 32.0 Å². The highest BCUT2D eigenvalue weighted by Crippen LogP contribution is 2.51. The van der Waals surface area contributed by atoms with E-state index in [9.17, 15) is 19.2 Å². The zero-order valence-corrected chi connectivity index (χ0v) is 28.5. The first-order chi connectivity index (χ1) is 22.3. The number of aromatic nitrogens is 2. The highest BCUT2D eigenvalue weighted by molar-refractivity contribution is 6.01. The van der Waals surface area contributed by atoms with Crippen LogP contribution in [0.2, 0.25) is 0 Å². The summed E-state index contributed by atoms with van der Waals surface area (Å²) in [7, 11) is 1.80. The minimum Gasteiger partial charge on any atom is -0.444 e. The lowest BCUT2D eigenvalue weighted by Crippen LogP contribution is -2.50. The van der Waals surface area contributed by atoms with Gasteiger partial charge in [0.25, 0.3) is 5.91 Å². The Balaban J connectivity index is 1.15. The molecular formula is C36H50N6O5. The lowest BCUT2D eigenvalue weighted by Gasteiger charge is -2.30. The number of fused-ring (bicyclic) bond motifs is 1. The standard InChI is InChI=1S/C36H50N6O5/c1-20(2)42-28(17-18-37-42)32(43)39-31(29(21-7-8-21)22-9-10-22)33(44)38-25-14-15-26-24(19-25)13-16-27(26)41(6)34(45)30(23-11-12-23)40-35(46)47-36(3,4)5/h14-15,17-23,27,29-31H,7-13,16H2,1-6H3,(H,38,44)(H,39,43)(H,40,46)/t27-,30-,31+/m1/s1. The Morgan fingerprint density at radius 1 is 0.936 bits per heavy atom. The maximum absolute atomic E-state index is 14.0. The van der Waals surface area contributed by atoms with Gasteiger partial charge in [-0.15, -0.1) is 0 Å². The molecule has 11 heteroatoms. The number of benzene rings is 1. The Morgan fingerprint density at radius 2 is 1.60 bits per heavy atom. The van der Waals surface area contributed by atoms with Crippen LogP contribution in [0.4, 0.5) is 10.5 Å². The summed E-state index contributed by atoms with van der Waals surface area (Å²) in [6.07, 6.45) is 8.72. The molecule has 0 aliphatic heterocycles. The third-order valence-corrected chi connectivity index (χ3v) is 9.98. The molecule has 47 heavy (non-hydrogen) atoms. The minimum atomic E-state index is -0.648. The van der Waals surface area contributed by atoms with Gasteiger partial charge in [0.05, 0.1) is 6.04 Å². The molecule has 11 nitrogen and oxygen atoms in total. The smallest absolute Gasteiger partial charge is 0.408 e. The molecule has 2 aromatic rings. The van der Waals surface area contributed by atoms with Crippen molar-refractivity contribution in [2.75, 3.05) is 12.4 Å². The van der Waals surface area contributed by atoms with E-state index in [-0.39, 0.29) is 41.6 Å². The van der Waals surface area contributed by atoms with Gasteiger partial charge in [-0.25, -0.2) is 4.79 Å². The van der Waals surface area contributed by atoms with Gasteiger partial charge in [0.1, 0.15) is 23.4 Å². The van der Waals surface area contributed by atoms with Crippen molar-refractivity contribution in [2.24, 2.45) is 23.7 Å². The number of ether oxygens (including phenoxy) is 1. The number of rotatable bonds is 12. The summed E-state index contributed by atoms with van der Waals surface area (Å²) in [4.78, 5) is 55.5. The zero-order valence-electron chi connectivity index (χ0n) is 28.5. The molecule has 4 aliphatic carbocycles. The third-order valence-electron chi connectivity index (χ3n) is 9.98. The van der Waals surface area contributed by atoms with Crippen molar-refractivity contribution in [3.63, 3.8) is 0 Å². The van der Waals surface area contributed by atoms with E-state index in [0.717, 1.165) is 62.5 Å². The predicted octanol–water partition coefficient (Wildman–Crippen LogP) is 5.39. The van der Waals surface area contributed by atoms with Crippen LogP contribution in [0.5, 0.6) is 0 Å². The number of hydrogen-bond acceptors (Lipinski definition) is 6. The number of alkyl carbamates (subject to hydrolysis) is 1. The fourth-order valence-electron chi connectivity index (χ4n) is 7.26. The normalized spacial score (nSPS) is 20.4. The van der Waals surface area contributed by atoms with E-state index >= 15 is 0 Å². The van der Waals surface area contributed by atoms with Crippen LogP contribution in [0, 0.1) is 23.7 Å². The van der Waals surface area contributed by atoms with Gasteiger partial charge >= 0.3 is 6.09 Å². The SMILES string of the molecule is CC(C)n1nccc1C(=O)N[C@H](C(=O)Nc1ccc2c(c1)CC[C@H]2N(C)C(=O)[C@H](NC(=O)OC(C)(C)C)C1CC1)C(C1CC1)C1CC1. The van der Waals surface area contributed by atoms with Gasteiger partial charge in [-0.05, 0) is 139 Å². The summed E-state index contributed by atoms with van der Waals surface area (Å²) < 4.78 is 7.13. The van der Waals surface area contributed by atoms with Crippen molar-refractivity contribution < 1.29 is 23.9 Å². The number of nitrogens with zero attached hydrogens (tertiary/aromatic N) is 3. The number of likely N-dealkylation sites (N-methyl/N-ethyl adjacent to an activating group) is 1. The molecule has 6 rings (SSSR count). The molecule has 0 spiro atoms. The molecule has 0 saturated heterocycles. The van der Waals surface area contributed by atoms with Gasteiger partial charge < -0.3 is 25.6 Å². The summed E-state index contributed by atoms with van der Waals surface area (Å²) in [6, 6.07) is 6.22. The Hall–Kier alpha value is -3.89. The summed E-state index contributed by atoms with van der Waals surface area (Å²) in [5.74, 6) is 0.542. The molecule has 4 aliphatic rings. The second-order valence-electron chi connectivity index (χ2n) is 15.3. The molecule has 3 atom stereocenters. The topological polar surface area (TPSA) is 135 Å². The van der Waals surface area contributed by atoms with Gasteiger partial charge in [0.15, 0.2) is 0 Å². The maximum Gasteiger partial charge on any atom is 0.408 e. The average molecular weight is 647 g/mol. The quantitative estimate of drug-likeness (QED) is 0.283. The first kappa shape index (κ1) is 33.0. The van der Waals surface area contributed by atoms with Crippen molar-refractivity contribution in [2.45, 2.75) is 116 Å². The van der Waals surface area contributed by atoms with Crippen LogP contribution in [0.15, 0.2) is 30.5 Å². The number of amides is 4. The number of anilines is 1. The Labute approximate surface area is 277 Å². The van der Waals surface area contributed by atoms with Gasteiger partial charge in [0.2, 0.25) is 11.8 Å². The van der Waals surface area contributed by atoms with Crippen LogP contribution in [0.1, 0.15) is 113 Å². The Morgan fingerprint density at radius 3 is 2.19 bits per heavy atom. The largest absolute Gasteiger partial charge is 0.444 e. The van der Waals surface area contributed by atoms with E-state index in [4.69, 9.17) is 4.74 Å². The van der Waals surface area contributed by atoms with Gasteiger partial charge in [-0.1, -0.05) is 6.07 Å². The van der Waals surface area contributed by atoms with Crippen molar-refractivity contribution in [3.05, 3.63) is 47.3 Å². The number of hydrogen-bond donors (Lipinski definition) is 3. The fourth-order valence-corrected chi connectivity index (χ4v) is 7.26. The number of aryl methyl sites for hydroxylation is 1. The van der Waals surface area contributed by atoms with Crippen LogP contribution < -0.4 is 16.0 Å². The first-order valence-electron chi connectivity index (χ1n) is 17.3. The Kier molecular flexibility index (Phi) is 9.11. The van der Waals surface area contributed by atoms with Crippen molar-refractivity contribution in [1.29, 1.82) is 0 Å². The van der Waals surface area contributed by atoms with Crippen LogP contribution in [-0.4, -0.2) is 63.2 Å². The third kappa shape index (κ3) is 7.65. The molecule has 3 fully saturated rings. The van der Waals surface area contributed by atoms with Gasteiger partial charge in [-0.2, -0.15) is 5.10 Å². The van der Waals surface area contributed by atoms with E-state index < -0.39 is 23.8 Å². The van der Waals surface area contributed by atoms with Gasteiger partial charge in [-0.3, -0.25) is 19.1 Å². The number of nitrogens with one attached hydrogen (secondary N) is 3. The summed E-state index contributed by atoms with van der Waals surface area (Å²) >= 11 is 0. The number of carbonyl (C=O) groups is 4. The summed E-state index contributed by atoms with van der Waals surface area (Å²) in [6.45, 7) is 9.36. The second-order valence-corrected chi connectivity index (χ2v) is 15.3. The highest BCUT2D eigenvalue weighted by atomic mass is 16.6. The molecule has 0 bridgehead atoms. The molecule has 3 N–H and O–H groups in total. The highest BCUT2D eigenvalue weighted by Gasteiger charge is 2.48. The molecule has 1 heterocycles. The van der Waals surface area contributed by atoms with Gasteiger partial charge in [0, 0.05) is 25.0 Å². The average Bonchev–Trinajstić information content (AvgIpc) is 3.92. The van der Waals surface area contributed by atoms with Crippen LogP contribution in [0.25, 0.3) is 0 Å². The van der Waals surface area contributed by atoms with Crippen LogP contribution in [0.3, 0.4) is 0 Å². The van der Waals surface area contributed by atoms with E-state index in [1.54, 1.807) is 49.7 Å². The zero-order chi connectivity index (χ0) is 33.6. The monoisotopic (exact) mass is 646 g/mol. The molecule has 4 amide bonds. The molecule has 1 aromatic carbocycles. The molecule has 0 unspecified atom stereocenters. The maximum atomic E-state index is 14.0. The first-order valence-corrected chi connectivity index (χ1v) is 17.3. The number of carbonyl (C=O) groups excluding carboxylic acids is 4. The fraction of sp³-hybridized carbons (Fsp3) is 0.639. The molecule has 3 saturated carbocycles.